The van der Waals surface area contributed by atoms with Crippen LogP contribution in [0.3, 0.4) is 0 Å². The van der Waals surface area contributed by atoms with E-state index in [1.165, 1.54) is 6.07 Å². The summed E-state index contributed by atoms with van der Waals surface area (Å²) in [6.07, 6.45) is -2.76. The van der Waals surface area contributed by atoms with E-state index in [2.05, 4.69) is 0 Å². The molecule has 110 valence electrons. The first-order chi connectivity index (χ1) is 9.36. The van der Waals surface area contributed by atoms with Crippen LogP contribution in [0.1, 0.15) is 10.4 Å². The maximum absolute atomic E-state index is 12.4. The quantitative estimate of drug-likeness (QED) is 0.458. The number of nitro groups is 1. The molecule has 0 saturated heterocycles. The molecule has 0 aliphatic carbocycles. The van der Waals surface area contributed by atoms with Gasteiger partial charge in [-0.1, -0.05) is 11.6 Å². The molecular formula is C11H10Cl2F2N2O3. The first kappa shape index (κ1) is 16.6. The van der Waals surface area contributed by atoms with Gasteiger partial charge in [-0.15, -0.1) is 11.6 Å². The molecule has 0 spiro atoms. The molecule has 1 aromatic carbocycles. The molecule has 0 bridgehead atoms. The van der Waals surface area contributed by atoms with Crippen LogP contribution in [0.4, 0.5) is 14.5 Å². The SMILES string of the molecule is O=C(c1ccc(Cl)cc1[N+](=O)[O-])N(CCCl)CC(F)F. The Bertz CT molecular complexity index is 514. The Morgan fingerprint density at radius 1 is 1.45 bits per heavy atom. The van der Waals surface area contributed by atoms with Crippen LogP contribution in [0.15, 0.2) is 18.2 Å². The summed E-state index contributed by atoms with van der Waals surface area (Å²) in [6.45, 7) is -0.976. The van der Waals surface area contributed by atoms with Crippen LogP contribution in [0, 0.1) is 10.1 Å². The minimum Gasteiger partial charge on any atom is -0.332 e. The normalized spacial score (nSPS) is 10.7. The lowest BCUT2D eigenvalue weighted by atomic mass is 10.1. The van der Waals surface area contributed by atoms with Crippen LogP contribution >= 0.6 is 23.2 Å². The van der Waals surface area contributed by atoms with E-state index >= 15 is 0 Å². The minimum atomic E-state index is -2.76. The first-order valence-corrected chi connectivity index (χ1v) is 6.35. The molecule has 0 atom stereocenters. The second-order valence-electron chi connectivity index (χ2n) is 3.75. The first-order valence-electron chi connectivity index (χ1n) is 5.44. The monoisotopic (exact) mass is 326 g/mol. The highest BCUT2D eigenvalue weighted by Crippen LogP contribution is 2.24. The largest absolute Gasteiger partial charge is 0.332 e. The number of benzene rings is 1. The molecule has 0 saturated carbocycles. The van der Waals surface area contributed by atoms with E-state index in [9.17, 15) is 23.7 Å². The predicted molar refractivity (Wildman–Crippen MR) is 70.7 cm³/mol. The van der Waals surface area contributed by atoms with Crippen molar-refractivity contribution in [3.8, 4) is 0 Å². The standard InChI is InChI=1S/C11H10Cl2F2N2O3/c12-3-4-16(6-10(14)15)11(18)8-2-1-7(13)5-9(8)17(19)20/h1-2,5,10H,3-4,6H2. The lowest BCUT2D eigenvalue weighted by Gasteiger charge is -2.21. The van der Waals surface area contributed by atoms with Gasteiger partial charge in [0, 0.05) is 23.5 Å². The summed E-state index contributed by atoms with van der Waals surface area (Å²) < 4.78 is 24.8. The molecular weight excluding hydrogens is 317 g/mol. The summed E-state index contributed by atoms with van der Waals surface area (Å²) in [4.78, 5) is 23.0. The average molecular weight is 327 g/mol. The Morgan fingerprint density at radius 3 is 2.60 bits per heavy atom. The van der Waals surface area contributed by atoms with E-state index < -0.39 is 29.5 Å². The lowest BCUT2D eigenvalue weighted by molar-refractivity contribution is -0.385. The Morgan fingerprint density at radius 2 is 2.10 bits per heavy atom. The average Bonchev–Trinajstić information content (AvgIpc) is 2.36. The van der Waals surface area contributed by atoms with E-state index in [1.54, 1.807) is 0 Å². The van der Waals surface area contributed by atoms with Crippen LogP contribution in [-0.4, -0.2) is 41.1 Å². The molecule has 0 fully saturated rings. The highest BCUT2D eigenvalue weighted by atomic mass is 35.5. The number of carbonyl (C=O) groups is 1. The zero-order chi connectivity index (χ0) is 15.3. The molecule has 0 aromatic heterocycles. The second-order valence-corrected chi connectivity index (χ2v) is 4.56. The van der Waals surface area contributed by atoms with Gasteiger partial charge < -0.3 is 4.90 Å². The number of nitrogens with zero attached hydrogens (tertiary/aromatic N) is 2. The van der Waals surface area contributed by atoms with Gasteiger partial charge in [0.05, 0.1) is 11.5 Å². The van der Waals surface area contributed by atoms with Gasteiger partial charge in [0.25, 0.3) is 18.0 Å². The molecule has 1 amide bonds. The van der Waals surface area contributed by atoms with Gasteiger partial charge in [-0.25, -0.2) is 8.78 Å². The summed E-state index contributed by atoms with van der Waals surface area (Å²) in [5.74, 6) is -0.936. The predicted octanol–water partition coefficient (Wildman–Crippen LogP) is 3.19. The van der Waals surface area contributed by atoms with Crippen molar-refractivity contribution in [3.05, 3.63) is 38.9 Å². The third kappa shape index (κ3) is 4.28. The number of alkyl halides is 3. The van der Waals surface area contributed by atoms with Gasteiger partial charge in [0.2, 0.25) is 0 Å². The number of halogens is 4. The molecule has 0 unspecified atom stereocenters. The fourth-order valence-electron chi connectivity index (χ4n) is 1.55. The molecule has 0 aliphatic heterocycles. The smallest absolute Gasteiger partial charge is 0.283 e. The molecule has 20 heavy (non-hydrogen) atoms. The van der Waals surface area contributed by atoms with E-state index in [0.29, 0.717) is 0 Å². The number of carbonyl (C=O) groups excluding carboxylic acids is 1. The lowest BCUT2D eigenvalue weighted by Crippen LogP contribution is -2.36. The molecule has 5 nitrogen and oxygen atoms in total. The fourth-order valence-corrected chi connectivity index (χ4v) is 1.92. The van der Waals surface area contributed by atoms with Gasteiger partial charge in [-0.2, -0.15) is 0 Å². The van der Waals surface area contributed by atoms with Crippen LogP contribution in [-0.2, 0) is 0 Å². The summed E-state index contributed by atoms with van der Waals surface area (Å²) >= 11 is 11.1. The number of amides is 1. The van der Waals surface area contributed by atoms with Crippen molar-refractivity contribution in [1.29, 1.82) is 0 Å². The third-order valence-corrected chi connectivity index (χ3v) is 2.79. The second kappa shape index (κ2) is 7.35. The van der Waals surface area contributed by atoms with Crippen LogP contribution in [0.25, 0.3) is 0 Å². The van der Waals surface area contributed by atoms with Crippen molar-refractivity contribution in [2.45, 2.75) is 6.43 Å². The minimum absolute atomic E-state index is 0.0557. The van der Waals surface area contributed by atoms with Crippen molar-refractivity contribution in [1.82, 2.24) is 4.90 Å². The van der Waals surface area contributed by atoms with Crippen molar-refractivity contribution >= 4 is 34.8 Å². The molecule has 1 rings (SSSR count). The van der Waals surface area contributed by atoms with Crippen LogP contribution in [0.5, 0.6) is 0 Å². The van der Waals surface area contributed by atoms with Crippen molar-refractivity contribution in [2.75, 3.05) is 19.0 Å². The molecule has 0 radical (unpaired) electrons. The maximum Gasteiger partial charge on any atom is 0.283 e. The summed E-state index contributed by atoms with van der Waals surface area (Å²) in [5, 5.41) is 11.0. The summed E-state index contributed by atoms with van der Waals surface area (Å²) in [7, 11) is 0. The van der Waals surface area contributed by atoms with E-state index in [1.807, 2.05) is 0 Å². The molecule has 0 heterocycles. The van der Waals surface area contributed by atoms with Crippen molar-refractivity contribution in [3.63, 3.8) is 0 Å². The summed E-state index contributed by atoms with van der Waals surface area (Å²) in [5.41, 5.74) is -0.832. The van der Waals surface area contributed by atoms with E-state index in [0.717, 1.165) is 17.0 Å². The van der Waals surface area contributed by atoms with Crippen LogP contribution < -0.4 is 0 Å². The van der Waals surface area contributed by atoms with Gasteiger partial charge in [0.15, 0.2) is 0 Å². The highest BCUT2D eigenvalue weighted by molar-refractivity contribution is 6.31. The fraction of sp³-hybridized carbons (Fsp3) is 0.364. The number of nitro benzene ring substituents is 1. The summed E-state index contributed by atoms with van der Waals surface area (Å²) in [6, 6.07) is 3.41. The van der Waals surface area contributed by atoms with E-state index in [-0.39, 0.29) is 23.0 Å². The molecule has 1 aromatic rings. The third-order valence-electron chi connectivity index (χ3n) is 2.39. The van der Waals surface area contributed by atoms with Gasteiger partial charge in [-0.3, -0.25) is 14.9 Å². The Hall–Kier alpha value is -1.47. The molecule has 9 heteroatoms. The zero-order valence-electron chi connectivity index (χ0n) is 10.1. The van der Waals surface area contributed by atoms with E-state index in [4.69, 9.17) is 23.2 Å². The zero-order valence-corrected chi connectivity index (χ0v) is 11.6. The number of hydrogen-bond donors (Lipinski definition) is 0. The number of rotatable bonds is 6. The Kier molecular flexibility index (Phi) is 6.09. The Labute approximate surface area is 123 Å². The van der Waals surface area contributed by atoms with Gasteiger partial charge >= 0.3 is 0 Å². The molecule has 0 aliphatic rings. The van der Waals surface area contributed by atoms with Crippen molar-refractivity contribution in [2.24, 2.45) is 0 Å². The van der Waals surface area contributed by atoms with Gasteiger partial charge in [0.1, 0.15) is 5.56 Å². The maximum atomic E-state index is 12.4. The van der Waals surface area contributed by atoms with Gasteiger partial charge in [-0.05, 0) is 12.1 Å². The topological polar surface area (TPSA) is 63.4 Å². The van der Waals surface area contributed by atoms with Crippen LogP contribution in [0.2, 0.25) is 5.02 Å². The highest BCUT2D eigenvalue weighted by Gasteiger charge is 2.26. The van der Waals surface area contributed by atoms with Crippen molar-refractivity contribution < 1.29 is 18.5 Å². The Balaban J connectivity index is 3.14. The molecule has 0 N–H and O–H groups in total. The number of hydrogen-bond acceptors (Lipinski definition) is 3.